The number of fused-ring (bicyclic) bond motifs is 6. The lowest BCUT2D eigenvalue weighted by atomic mass is 9.79. The minimum absolute atomic E-state index is 0.0918. The molecule has 1 saturated heterocycles. The lowest BCUT2D eigenvalue weighted by molar-refractivity contribution is -0.155. The number of methoxy groups -OCH3 is 1. The van der Waals surface area contributed by atoms with Gasteiger partial charge >= 0.3 is 5.97 Å². The topological polar surface area (TPSA) is 160 Å². The molecule has 3 aliphatic rings. The number of aliphatic imine (C=N–C) groups is 2. The van der Waals surface area contributed by atoms with Gasteiger partial charge in [-0.1, -0.05) is 76.2 Å². The van der Waals surface area contributed by atoms with Crippen molar-refractivity contribution in [3.8, 4) is 22.4 Å². The summed E-state index contributed by atoms with van der Waals surface area (Å²) in [6.45, 7) is 17.4. The standard InChI is InChI=1S/C57H70N8O6/c1-11-64-48-23-22-40-30-44(48)45(52(64)43-20-14-24-58-50(43)37(6)70-10)31-57(7,8)32-71-56(69)46-21-15-25-65(62-46)55(68)47(27-38-18-13-19-39(40)26-38)61-53(66)51(34(2)3)63(9)54(67)41-28-42(29-41)59-33-60-49-35(4)16-12-17-36(49)5/h12-14,16-20,22-24,26,30,34,37,41-42,46-47,51,62H,11,15,21,25,27-29,31-32H2,1-10H3,(H,61,66)/t37-,41-,42-,46-,47-,51-/m0/s1. The average Bonchev–Trinajstić information content (AvgIpc) is 3.64. The Labute approximate surface area is 418 Å². The molecule has 1 saturated carbocycles. The summed E-state index contributed by atoms with van der Waals surface area (Å²) in [6.07, 6.45) is 4.41. The number of rotatable bonds is 11. The maximum Gasteiger partial charge on any atom is 0.324 e. The Morgan fingerprint density at radius 2 is 1.75 bits per heavy atom. The zero-order valence-corrected chi connectivity index (χ0v) is 43.0. The first kappa shape index (κ1) is 50.9. The molecule has 14 heteroatoms. The van der Waals surface area contributed by atoms with Gasteiger partial charge in [-0.2, -0.15) is 4.99 Å². The number of cyclic esters (lactones) is 1. The second-order valence-corrected chi connectivity index (χ2v) is 20.9. The first-order chi connectivity index (χ1) is 34.0. The van der Waals surface area contributed by atoms with Crippen LogP contribution in [0.5, 0.6) is 0 Å². The van der Waals surface area contributed by atoms with Gasteiger partial charge < -0.3 is 24.3 Å². The number of aromatic nitrogens is 2. The van der Waals surface area contributed by atoms with Crippen molar-refractivity contribution in [2.24, 2.45) is 27.2 Å². The fourth-order valence-corrected chi connectivity index (χ4v) is 10.6. The van der Waals surface area contributed by atoms with Crippen molar-refractivity contribution in [2.75, 3.05) is 27.3 Å². The van der Waals surface area contributed by atoms with E-state index in [4.69, 9.17) is 14.5 Å². The minimum atomic E-state index is -1.03. The average molecular weight is 963 g/mol. The Balaban J connectivity index is 1.11. The molecule has 374 valence electrons. The number of ether oxygens (including phenoxy) is 2. The van der Waals surface area contributed by atoms with E-state index in [1.165, 1.54) is 9.91 Å². The number of carbonyl (C=O) groups excluding carboxylic acids is 4. The number of benzene rings is 3. The van der Waals surface area contributed by atoms with Gasteiger partial charge in [0.15, 0.2) is 0 Å². The highest BCUT2D eigenvalue weighted by molar-refractivity contribution is 5.96. The number of nitrogens with one attached hydrogen (secondary N) is 2. The summed E-state index contributed by atoms with van der Waals surface area (Å²) in [5.41, 5.74) is 13.5. The van der Waals surface area contributed by atoms with Crippen LogP contribution in [0.15, 0.2) is 89.0 Å². The summed E-state index contributed by atoms with van der Waals surface area (Å²) in [7, 11) is 3.36. The maximum absolute atomic E-state index is 14.8. The Morgan fingerprint density at radius 3 is 2.46 bits per heavy atom. The number of para-hydroxylation sites is 1. The molecule has 3 aromatic carbocycles. The van der Waals surface area contributed by atoms with E-state index in [9.17, 15) is 19.2 Å². The molecule has 8 rings (SSSR count). The lowest BCUT2D eigenvalue weighted by Crippen LogP contribution is -2.62. The molecule has 4 heterocycles. The van der Waals surface area contributed by atoms with Gasteiger partial charge in [0.05, 0.1) is 41.8 Å². The third-order valence-electron chi connectivity index (χ3n) is 14.6. The fraction of sp³-hybridized carbons (Fsp3) is 0.474. The Kier molecular flexibility index (Phi) is 15.4. The Morgan fingerprint density at radius 1 is 1.01 bits per heavy atom. The molecule has 0 radical (unpaired) electrons. The van der Waals surface area contributed by atoms with Crippen LogP contribution in [0.1, 0.15) is 101 Å². The minimum Gasteiger partial charge on any atom is -0.464 e. The monoisotopic (exact) mass is 963 g/mol. The van der Waals surface area contributed by atoms with Crippen molar-refractivity contribution in [2.45, 2.75) is 131 Å². The lowest BCUT2D eigenvalue weighted by Gasteiger charge is -2.39. The zero-order chi connectivity index (χ0) is 50.7. The summed E-state index contributed by atoms with van der Waals surface area (Å²) >= 11 is 0. The molecule has 2 aliphatic heterocycles. The number of pyridine rings is 1. The predicted molar refractivity (Wildman–Crippen MR) is 277 cm³/mol. The van der Waals surface area contributed by atoms with Crippen molar-refractivity contribution < 1.29 is 28.7 Å². The quantitative estimate of drug-likeness (QED) is 0.0980. The third kappa shape index (κ3) is 10.9. The van der Waals surface area contributed by atoms with E-state index in [2.05, 4.69) is 88.5 Å². The number of aryl methyl sites for hydroxylation is 3. The van der Waals surface area contributed by atoms with Gasteiger partial charge in [-0.05, 0) is 123 Å². The molecule has 1 aliphatic carbocycles. The van der Waals surface area contributed by atoms with Crippen LogP contribution in [-0.2, 0) is 48.0 Å². The summed E-state index contributed by atoms with van der Waals surface area (Å²) in [6, 6.07) is 24.8. The van der Waals surface area contributed by atoms with Crippen LogP contribution in [0, 0.1) is 31.1 Å². The highest BCUT2D eigenvalue weighted by atomic mass is 16.5. The maximum atomic E-state index is 14.8. The van der Waals surface area contributed by atoms with Crippen LogP contribution in [0.25, 0.3) is 33.3 Å². The first-order valence-electron chi connectivity index (χ1n) is 25.2. The van der Waals surface area contributed by atoms with Gasteiger partial charge in [-0.25, -0.2) is 10.4 Å². The van der Waals surface area contributed by atoms with Crippen LogP contribution in [0.4, 0.5) is 5.69 Å². The molecule has 2 aromatic heterocycles. The van der Waals surface area contributed by atoms with Crippen LogP contribution in [0.3, 0.4) is 0 Å². The van der Waals surface area contributed by atoms with E-state index in [1.54, 1.807) is 20.4 Å². The molecule has 5 aromatic rings. The van der Waals surface area contributed by atoms with E-state index >= 15 is 0 Å². The van der Waals surface area contributed by atoms with Crippen LogP contribution in [0.2, 0.25) is 0 Å². The van der Waals surface area contributed by atoms with Crippen molar-refractivity contribution in [1.29, 1.82) is 0 Å². The number of nitrogens with zero attached hydrogens (tertiary/aromatic N) is 6. The van der Waals surface area contributed by atoms with Crippen molar-refractivity contribution in [1.82, 2.24) is 30.2 Å². The number of hydrogen-bond acceptors (Lipinski definition) is 10. The second kappa shape index (κ2) is 21.5. The fourth-order valence-electron chi connectivity index (χ4n) is 10.6. The molecule has 71 heavy (non-hydrogen) atoms. The summed E-state index contributed by atoms with van der Waals surface area (Å²) in [4.78, 5) is 72.8. The number of likely N-dealkylation sites (N-methyl/N-ethyl adjacent to an activating group) is 1. The van der Waals surface area contributed by atoms with E-state index in [-0.39, 0.29) is 48.8 Å². The smallest absolute Gasteiger partial charge is 0.324 e. The second-order valence-electron chi connectivity index (χ2n) is 20.9. The van der Waals surface area contributed by atoms with Gasteiger partial charge in [0.25, 0.3) is 5.91 Å². The van der Waals surface area contributed by atoms with Gasteiger partial charge in [0.1, 0.15) is 18.1 Å². The largest absolute Gasteiger partial charge is 0.464 e. The molecular weight excluding hydrogens is 893 g/mol. The predicted octanol–water partition coefficient (Wildman–Crippen LogP) is 9.13. The SMILES string of the molecule is CCn1c(-c2cccnc2[C@H](C)OC)c2c3cc(ccc31)-c1cccc(c1)C[C@H](NC(=O)[C@H](C(C)C)N(C)C(=O)[C@H]1C[C@H](N=C=Nc3c(C)cccc3C)C1)C(=O)N1CCC[C@H](N1)C(=O)OCC(C)(C)C2. The molecule has 6 bridgehead atoms. The van der Waals surface area contributed by atoms with Gasteiger partial charge in [-0.15, -0.1) is 0 Å². The van der Waals surface area contributed by atoms with Gasteiger partial charge in [-0.3, -0.25) is 29.2 Å². The third-order valence-corrected chi connectivity index (χ3v) is 14.6. The van der Waals surface area contributed by atoms with Gasteiger partial charge in [0, 0.05) is 67.7 Å². The summed E-state index contributed by atoms with van der Waals surface area (Å²) in [5, 5.41) is 5.65. The van der Waals surface area contributed by atoms with Crippen molar-refractivity contribution in [3.05, 3.63) is 107 Å². The number of hydrazine groups is 1. The van der Waals surface area contributed by atoms with Crippen molar-refractivity contribution >= 4 is 46.3 Å². The van der Waals surface area contributed by atoms with Crippen LogP contribution in [-0.4, -0.2) is 101 Å². The summed E-state index contributed by atoms with van der Waals surface area (Å²) < 4.78 is 14.3. The van der Waals surface area contributed by atoms with Crippen LogP contribution < -0.4 is 10.7 Å². The highest BCUT2D eigenvalue weighted by Crippen LogP contribution is 2.42. The number of carbonyl (C=O) groups is 4. The van der Waals surface area contributed by atoms with Crippen LogP contribution >= 0.6 is 0 Å². The normalized spacial score (nSPS) is 21.0. The molecule has 14 nitrogen and oxygen atoms in total. The van der Waals surface area contributed by atoms with E-state index in [0.717, 1.165) is 66.9 Å². The Bertz CT molecular complexity index is 2850. The van der Waals surface area contributed by atoms with E-state index in [0.29, 0.717) is 45.2 Å². The van der Waals surface area contributed by atoms with E-state index < -0.39 is 35.4 Å². The Hall–Kier alpha value is -6.47. The van der Waals surface area contributed by atoms with Crippen molar-refractivity contribution in [3.63, 3.8) is 0 Å². The number of esters is 1. The first-order valence-corrected chi connectivity index (χ1v) is 25.2. The zero-order valence-electron chi connectivity index (χ0n) is 43.0. The van der Waals surface area contributed by atoms with E-state index in [1.807, 2.05) is 71.0 Å². The molecular formula is C57H70N8O6. The molecule has 0 unspecified atom stereocenters. The summed E-state index contributed by atoms with van der Waals surface area (Å²) in [5.74, 6) is -1.96. The molecule has 3 amide bonds. The molecule has 0 spiro atoms. The number of hydrogen-bond donors (Lipinski definition) is 2. The van der Waals surface area contributed by atoms with Gasteiger partial charge in [0.2, 0.25) is 11.8 Å². The molecule has 4 atom stereocenters. The molecule has 2 N–H and O–H groups in total. The number of amides is 3. The highest BCUT2D eigenvalue weighted by Gasteiger charge is 2.42. The molecule has 2 fully saturated rings.